The lowest BCUT2D eigenvalue weighted by molar-refractivity contribution is -0.127. The molecular weight excluding hydrogens is 341 g/mol. The van der Waals surface area contributed by atoms with Crippen molar-refractivity contribution in [3.63, 3.8) is 0 Å². The summed E-state index contributed by atoms with van der Waals surface area (Å²) in [6, 6.07) is 6.51. The number of benzene rings is 1. The summed E-state index contributed by atoms with van der Waals surface area (Å²) in [7, 11) is 0. The minimum absolute atomic E-state index is 0.0283. The monoisotopic (exact) mass is 361 g/mol. The van der Waals surface area contributed by atoms with E-state index in [9.17, 15) is 14.0 Å². The van der Waals surface area contributed by atoms with Crippen LogP contribution in [0, 0.1) is 11.7 Å². The van der Waals surface area contributed by atoms with E-state index in [0.717, 1.165) is 25.7 Å². The maximum Gasteiger partial charge on any atom is 0.267 e. The number of nitrogens with one attached hydrogen (secondary N) is 1. The van der Waals surface area contributed by atoms with E-state index in [1.54, 1.807) is 34.3 Å². The molecule has 1 aliphatic carbocycles. The Labute approximate surface area is 149 Å². The molecule has 0 bridgehead atoms. The van der Waals surface area contributed by atoms with Crippen molar-refractivity contribution in [3.05, 3.63) is 52.0 Å². The molecule has 1 saturated carbocycles. The molecule has 2 aromatic rings. The number of aromatic nitrogens is 1. The molecule has 0 spiro atoms. The topological polar surface area (TPSA) is 63.5 Å². The molecule has 2 amide bonds. The lowest BCUT2D eigenvalue weighted by Gasteiger charge is -2.08. The highest BCUT2D eigenvalue weighted by Crippen LogP contribution is 2.24. The molecule has 1 aromatic carbocycles. The van der Waals surface area contributed by atoms with Gasteiger partial charge in [-0.2, -0.15) is 4.99 Å². The summed E-state index contributed by atoms with van der Waals surface area (Å²) < 4.78 is 15.5. The van der Waals surface area contributed by atoms with Crippen LogP contribution in [0.15, 0.2) is 40.8 Å². The molecule has 1 aromatic heterocycles. The number of nitrogens with zero attached hydrogens (tertiary/aromatic N) is 2. The third kappa shape index (κ3) is 4.63. The fraction of sp³-hybridized carbons (Fsp3) is 0.389. The first-order chi connectivity index (χ1) is 12.1. The number of rotatable bonds is 5. The number of halogens is 1. The number of carbonyl (C=O) groups is 2. The molecular formula is C18H20FN3O2S. The van der Waals surface area contributed by atoms with E-state index in [1.165, 1.54) is 17.4 Å². The van der Waals surface area contributed by atoms with E-state index in [2.05, 4.69) is 10.3 Å². The second-order valence-electron chi connectivity index (χ2n) is 6.11. The van der Waals surface area contributed by atoms with Crippen LogP contribution in [0.25, 0.3) is 0 Å². The molecule has 0 radical (unpaired) electrons. The van der Waals surface area contributed by atoms with Crippen molar-refractivity contribution in [2.24, 2.45) is 10.9 Å². The molecule has 5 nitrogen and oxygen atoms in total. The van der Waals surface area contributed by atoms with Gasteiger partial charge in [0.05, 0.1) is 13.1 Å². The summed E-state index contributed by atoms with van der Waals surface area (Å²) in [6.45, 7) is 0.198. The Morgan fingerprint density at radius 3 is 2.80 bits per heavy atom. The van der Waals surface area contributed by atoms with E-state index in [0.29, 0.717) is 16.9 Å². The first kappa shape index (κ1) is 17.5. The van der Waals surface area contributed by atoms with Crippen LogP contribution >= 0.6 is 11.3 Å². The Morgan fingerprint density at radius 2 is 2.04 bits per heavy atom. The van der Waals surface area contributed by atoms with Crippen molar-refractivity contribution in [1.82, 2.24) is 9.88 Å². The second-order valence-corrected chi connectivity index (χ2v) is 6.98. The van der Waals surface area contributed by atoms with Crippen molar-refractivity contribution < 1.29 is 14.0 Å². The Balaban J connectivity index is 1.63. The molecule has 1 heterocycles. The summed E-state index contributed by atoms with van der Waals surface area (Å²) >= 11 is 1.30. The van der Waals surface area contributed by atoms with Gasteiger partial charge >= 0.3 is 0 Å². The van der Waals surface area contributed by atoms with E-state index >= 15 is 0 Å². The summed E-state index contributed by atoms with van der Waals surface area (Å²) in [5.74, 6) is -0.731. The van der Waals surface area contributed by atoms with Crippen LogP contribution in [-0.4, -0.2) is 22.9 Å². The predicted octanol–water partition coefficient (Wildman–Crippen LogP) is 2.47. The average molecular weight is 361 g/mol. The summed E-state index contributed by atoms with van der Waals surface area (Å²) in [5.41, 5.74) is 0.532. The quantitative estimate of drug-likeness (QED) is 0.889. The normalized spacial score (nSPS) is 15.5. The molecule has 0 aliphatic heterocycles. The van der Waals surface area contributed by atoms with Crippen LogP contribution in [0.4, 0.5) is 4.39 Å². The van der Waals surface area contributed by atoms with Crippen molar-refractivity contribution in [2.45, 2.75) is 32.2 Å². The van der Waals surface area contributed by atoms with Gasteiger partial charge in [-0.15, -0.1) is 11.3 Å². The number of carbonyl (C=O) groups excluding carboxylic acids is 2. The SMILES string of the molecule is O=C(CNC(=O)C1CCCC1)N=c1sccn1Cc1ccccc1F. The standard InChI is InChI=1S/C18H20FN3O2S/c19-15-8-4-3-7-14(15)12-22-9-10-25-18(22)21-16(23)11-20-17(24)13-5-1-2-6-13/h3-4,7-10,13H,1-2,5-6,11-12H2,(H,20,24). The molecule has 7 heteroatoms. The lowest BCUT2D eigenvalue weighted by atomic mass is 10.1. The van der Waals surface area contributed by atoms with Crippen molar-refractivity contribution in [1.29, 1.82) is 0 Å². The third-order valence-corrected chi connectivity index (χ3v) is 5.11. The Kier molecular flexibility index (Phi) is 5.75. The predicted molar refractivity (Wildman–Crippen MR) is 93.3 cm³/mol. The van der Waals surface area contributed by atoms with Crippen molar-refractivity contribution in [3.8, 4) is 0 Å². The van der Waals surface area contributed by atoms with Crippen LogP contribution < -0.4 is 10.1 Å². The van der Waals surface area contributed by atoms with Gasteiger partial charge in [-0.25, -0.2) is 4.39 Å². The van der Waals surface area contributed by atoms with Gasteiger partial charge in [0.15, 0.2) is 4.80 Å². The zero-order valence-corrected chi connectivity index (χ0v) is 14.6. The molecule has 3 rings (SSSR count). The van der Waals surface area contributed by atoms with Crippen LogP contribution in [0.3, 0.4) is 0 Å². The van der Waals surface area contributed by atoms with Crippen molar-refractivity contribution in [2.75, 3.05) is 6.54 Å². The summed E-state index contributed by atoms with van der Waals surface area (Å²) in [6.07, 6.45) is 5.69. The van der Waals surface area contributed by atoms with Gasteiger partial charge < -0.3 is 9.88 Å². The summed E-state index contributed by atoms with van der Waals surface area (Å²) in [5, 5.41) is 4.46. The van der Waals surface area contributed by atoms with Crippen LogP contribution in [0.5, 0.6) is 0 Å². The minimum Gasteiger partial charge on any atom is -0.347 e. The number of amides is 2. The average Bonchev–Trinajstić information content (AvgIpc) is 3.27. The molecule has 0 saturated heterocycles. The van der Waals surface area contributed by atoms with E-state index in [-0.39, 0.29) is 24.2 Å². The first-order valence-electron chi connectivity index (χ1n) is 8.36. The lowest BCUT2D eigenvalue weighted by Crippen LogP contribution is -2.34. The molecule has 0 atom stereocenters. The first-order valence-corrected chi connectivity index (χ1v) is 9.24. The smallest absolute Gasteiger partial charge is 0.267 e. The maximum absolute atomic E-state index is 13.8. The maximum atomic E-state index is 13.8. The Bertz CT molecular complexity index is 821. The summed E-state index contributed by atoms with van der Waals surface area (Å²) in [4.78, 5) is 28.5. The van der Waals surface area contributed by atoms with Crippen LogP contribution in [-0.2, 0) is 16.1 Å². The molecule has 1 fully saturated rings. The molecule has 0 unspecified atom stereocenters. The molecule has 25 heavy (non-hydrogen) atoms. The highest BCUT2D eigenvalue weighted by atomic mass is 32.1. The highest BCUT2D eigenvalue weighted by Gasteiger charge is 2.22. The molecule has 1 N–H and O–H groups in total. The second kappa shape index (κ2) is 8.20. The highest BCUT2D eigenvalue weighted by molar-refractivity contribution is 7.07. The zero-order valence-electron chi connectivity index (χ0n) is 13.8. The fourth-order valence-electron chi connectivity index (χ4n) is 2.96. The van der Waals surface area contributed by atoms with E-state index < -0.39 is 5.91 Å². The minimum atomic E-state index is -0.406. The van der Waals surface area contributed by atoms with Gasteiger partial charge in [0, 0.05) is 23.1 Å². The number of thiazole rings is 1. The van der Waals surface area contributed by atoms with E-state index in [4.69, 9.17) is 0 Å². The van der Waals surface area contributed by atoms with Gasteiger partial charge in [0.1, 0.15) is 5.82 Å². The van der Waals surface area contributed by atoms with Gasteiger partial charge in [-0.1, -0.05) is 31.0 Å². The number of hydrogen-bond donors (Lipinski definition) is 1. The fourth-order valence-corrected chi connectivity index (χ4v) is 3.70. The Morgan fingerprint density at radius 1 is 1.28 bits per heavy atom. The van der Waals surface area contributed by atoms with E-state index in [1.807, 2.05) is 0 Å². The van der Waals surface area contributed by atoms with Gasteiger partial charge in [0.2, 0.25) is 5.91 Å². The number of hydrogen-bond acceptors (Lipinski definition) is 3. The van der Waals surface area contributed by atoms with Crippen LogP contribution in [0.1, 0.15) is 31.2 Å². The third-order valence-electron chi connectivity index (χ3n) is 4.32. The van der Waals surface area contributed by atoms with Gasteiger partial charge in [-0.05, 0) is 18.9 Å². The Hall–Kier alpha value is -2.28. The molecule has 1 aliphatic rings. The van der Waals surface area contributed by atoms with Crippen molar-refractivity contribution >= 4 is 23.2 Å². The zero-order chi connectivity index (χ0) is 17.6. The van der Waals surface area contributed by atoms with Gasteiger partial charge in [0.25, 0.3) is 5.91 Å². The van der Waals surface area contributed by atoms with Gasteiger partial charge in [-0.3, -0.25) is 9.59 Å². The molecule has 132 valence electrons. The van der Waals surface area contributed by atoms with Crippen LogP contribution in [0.2, 0.25) is 0 Å². The largest absolute Gasteiger partial charge is 0.347 e.